The van der Waals surface area contributed by atoms with Gasteiger partial charge in [0.1, 0.15) is 4.90 Å². The van der Waals surface area contributed by atoms with Crippen LogP contribution in [-0.2, 0) is 16.6 Å². The Labute approximate surface area is 121 Å². The van der Waals surface area contributed by atoms with Crippen molar-refractivity contribution in [2.75, 3.05) is 6.54 Å². The largest absolute Gasteiger partial charge is 0.313 e. The molecule has 2 rings (SSSR count). The first kappa shape index (κ1) is 15.5. The van der Waals surface area contributed by atoms with Gasteiger partial charge in [0.2, 0.25) is 10.0 Å². The molecule has 0 spiro atoms. The molecule has 1 atom stereocenters. The lowest BCUT2D eigenvalue weighted by Crippen LogP contribution is -2.28. The van der Waals surface area contributed by atoms with Crippen LogP contribution in [0.15, 0.2) is 17.3 Å². The van der Waals surface area contributed by atoms with Gasteiger partial charge in [-0.3, -0.25) is 4.68 Å². The van der Waals surface area contributed by atoms with Crippen LogP contribution >= 0.6 is 0 Å². The minimum Gasteiger partial charge on any atom is -0.313 e. The van der Waals surface area contributed by atoms with E-state index in [2.05, 4.69) is 42.8 Å². The van der Waals surface area contributed by atoms with E-state index in [0.29, 0.717) is 12.6 Å². The highest BCUT2D eigenvalue weighted by Gasteiger charge is 2.48. The lowest BCUT2D eigenvalue weighted by atomic mass is 10.2. The fourth-order valence-corrected chi connectivity index (χ4v) is 3.36. The molecule has 0 radical (unpaired) electrons. The Morgan fingerprint density at radius 3 is 2.70 bits per heavy atom. The summed E-state index contributed by atoms with van der Waals surface area (Å²) in [6.45, 7) is 9.67. The Morgan fingerprint density at radius 2 is 2.15 bits per heavy atom. The van der Waals surface area contributed by atoms with Crippen molar-refractivity contribution in [3.63, 3.8) is 0 Å². The van der Waals surface area contributed by atoms with E-state index < -0.39 is 10.0 Å². The highest BCUT2D eigenvalue weighted by Crippen LogP contribution is 2.45. The number of nitrogens with zero attached hydrogens (tertiary/aromatic N) is 2. The van der Waals surface area contributed by atoms with Crippen molar-refractivity contribution < 1.29 is 8.42 Å². The second-order valence-corrected chi connectivity index (χ2v) is 8.13. The topological polar surface area (TPSA) is 76.0 Å². The van der Waals surface area contributed by atoms with Gasteiger partial charge in [-0.25, -0.2) is 13.1 Å². The van der Waals surface area contributed by atoms with Crippen molar-refractivity contribution in [2.45, 2.75) is 57.6 Å². The average molecular weight is 300 g/mol. The molecule has 7 heteroatoms. The highest BCUT2D eigenvalue weighted by molar-refractivity contribution is 7.89. The third-order valence-electron chi connectivity index (χ3n) is 3.62. The van der Waals surface area contributed by atoms with Crippen LogP contribution in [0.2, 0.25) is 0 Å². The van der Waals surface area contributed by atoms with E-state index in [1.54, 1.807) is 10.9 Å². The molecule has 1 unspecified atom stereocenters. The third kappa shape index (κ3) is 3.80. The summed E-state index contributed by atoms with van der Waals surface area (Å²) in [6, 6.07) is 0.450. The molecule has 1 heterocycles. The maximum Gasteiger partial charge on any atom is 0.243 e. The van der Waals surface area contributed by atoms with E-state index >= 15 is 0 Å². The van der Waals surface area contributed by atoms with Crippen molar-refractivity contribution in [3.05, 3.63) is 12.4 Å². The molecule has 6 nitrogen and oxygen atoms in total. The molecule has 1 aliphatic rings. The molecule has 114 valence electrons. The standard InChI is InChI=1S/C13H24N4O2S/c1-10(2)14-5-6-17-9-11(8-15-17)20(18,19)16-12-7-13(12,3)4/h8-10,12,14,16H,5-7H2,1-4H3. The van der Waals surface area contributed by atoms with Gasteiger partial charge in [0.15, 0.2) is 0 Å². The van der Waals surface area contributed by atoms with Gasteiger partial charge < -0.3 is 5.32 Å². The molecule has 1 aromatic heterocycles. The second kappa shape index (κ2) is 5.46. The first-order valence-corrected chi connectivity index (χ1v) is 8.47. The number of sulfonamides is 1. The Kier molecular flexibility index (Phi) is 4.22. The molecule has 0 aromatic carbocycles. The summed E-state index contributed by atoms with van der Waals surface area (Å²) in [7, 11) is -3.44. The fraction of sp³-hybridized carbons (Fsp3) is 0.769. The van der Waals surface area contributed by atoms with Gasteiger partial charge in [0.25, 0.3) is 0 Å². The van der Waals surface area contributed by atoms with E-state index in [1.165, 1.54) is 6.20 Å². The zero-order chi connectivity index (χ0) is 15.0. The minimum atomic E-state index is -3.44. The normalized spacial score (nSPS) is 21.4. The van der Waals surface area contributed by atoms with Crippen LogP contribution in [0.25, 0.3) is 0 Å². The van der Waals surface area contributed by atoms with Crippen molar-refractivity contribution in [1.82, 2.24) is 19.8 Å². The first-order valence-electron chi connectivity index (χ1n) is 6.99. The average Bonchev–Trinajstić information content (AvgIpc) is 2.76. The molecule has 1 saturated carbocycles. The smallest absolute Gasteiger partial charge is 0.243 e. The SMILES string of the molecule is CC(C)NCCn1cc(S(=O)(=O)NC2CC2(C)C)cn1. The van der Waals surface area contributed by atoms with Crippen LogP contribution in [-0.4, -0.2) is 36.8 Å². The molecule has 1 aromatic rings. The van der Waals surface area contributed by atoms with Crippen molar-refractivity contribution >= 4 is 10.0 Å². The quantitative estimate of drug-likeness (QED) is 0.786. The first-order chi connectivity index (χ1) is 9.21. The number of hydrogen-bond donors (Lipinski definition) is 2. The molecule has 0 saturated heterocycles. The van der Waals surface area contributed by atoms with Crippen LogP contribution < -0.4 is 10.0 Å². The van der Waals surface area contributed by atoms with Crippen molar-refractivity contribution in [2.24, 2.45) is 5.41 Å². The Bertz CT molecular complexity index is 563. The number of nitrogens with one attached hydrogen (secondary N) is 2. The van der Waals surface area contributed by atoms with Crippen molar-refractivity contribution in [3.8, 4) is 0 Å². The molecule has 1 fully saturated rings. The maximum absolute atomic E-state index is 12.2. The van der Waals surface area contributed by atoms with E-state index in [9.17, 15) is 8.42 Å². The minimum absolute atomic E-state index is 0.0402. The summed E-state index contributed by atoms with van der Waals surface area (Å²) in [5.41, 5.74) is 0.0737. The lowest BCUT2D eigenvalue weighted by Gasteiger charge is -2.07. The number of hydrogen-bond acceptors (Lipinski definition) is 4. The van der Waals surface area contributed by atoms with Gasteiger partial charge in [-0.1, -0.05) is 27.7 Å². The molecule has 1 aliphatic carbocycles. The summed E-state index contributed by atoms with van der Waals surface area (Å²) in [4.78, 5) is 0.241. The van der Waals surface area contributed by atoms with Gasteiger partial charge in [-0.05, 0) is 11.8 Å². The van der Waals surface area contributed by atoms with Gasteiger partial charge in [0, 0.05) is 24.8 Å². The van der Waals surface area contributed by atoms with Gasteiger partial charge >= 0.3 is 0 Å². The molecule has 0 aliphatic heterocycles. The second-order valence-electron chi connectivity index (χ2n) is 6.41. The Morgan fingerprint density at radius 1 is 1.50 bits per heavy atom. The zero-order valence-corrected chi connectivity index (χ0v) is 13.4. The van der Waals surface area contributed by atoms with Crippen LogP contribution in [0.3, 0.4) is 0 Å². The van der Waals surface area contributed by atoms with Crippen LogP contribution in [0, 0.1) is 5.41 Å². The molecule has 0 bridgehead atoms. The maximum atomic E-state index is 12.2. The van der Waals surface area contributed by atoms with Crippen LogP contribution in [0.4, 0.5) is 0 Å². The number of aromatic nitrogens is 2. The highest BCUT2D eigenvalue weighted by atomic mass is 32.2. The lowest BCUT2D eigenvalue weighted by molar-refractivity contribution is 0.514. The summed E-state index contributed by atoms with van der Waals surface area (Å²) in [5, 5.41) is 7.37. The van der Waals surface area contributed by atoms with Gasteiger partial charge in [0.05, 0.1) is 12.7 Å². The Hall–Kier alpha value is -0.920. The molecule has 0 amide bonds. The van der Waals surface area contributed by atoms with E-state index in [4.69, 9.17) is 0 Å². The Balaban J connectivity index is 1.94. The van der Waals surface area contributed by atoms with E-state index in [0.717, 1.165) is 13.0 Å². The summed E-state index contributed by atoms with van der Waals surface area (Å²) in [5.74, 6) is 0. The predicted octanol–water partition coefficient (Wildman–Crippen LogP) is 0.958. The third-order valence-corrected chi connectivity index (χ3v) is 5.05. The van der Waals surface area contributed by atoms with Crippen LogP contribution in [0.1, 0.15) is 34.1 Å². The van der Waals surface area contributed by atoms with Crippen molar-refractivity contribution in [1.29, 1.82) is 0 Å². The molecular weight excluding hydrogens is 276 g/mol. The number of rotatable bonds is 7. The molecular formula is C13H24N4O2S. The summed E-state index contributed by atoms with van der Waals surface area (Å²) in [6.07, 6.45) is 3.88. The molecule has 20 heavy (non-hydrogen) atoms. The van der Waals surface area contributed by atoms with Gasteiger partial charge in [-0.2, -0.15) is 5.10 Å². The van der Waals surface area contributed by atoms with Crippen LogP contribution in [0.5, 0.6) is 0 Å². The fourth-order valence-electron chi connectivity index (χ4n) is 2.00. The summed E-state index contributed by atoms with van der Waals surface area (Å²) >= 11 is 0. The van der Waals surface area contributed by atoms with Gasteiger partial charge in [-0.15, -0.1) is 0 Å². The molecule has 2 N–H and O–H groups in total. The summed E-state index contributed by atoms with van der Waals surface area (Å²) < 4.78 is 28.8. The van der Waals surface area contributed by atoms with E-state index in [1.807, 2.05) is 0 Å². The zero-order valence-electron chi connectivity index (χ0n) is 12.5. The predicted molar refractivity (Wildman–Crippen MR) is 77.9 cm³/mol. The van der Waals surface area contributed by atoms with E-state index in [-0.39, 0.29) is 16.4 Å². The monoisotopic (exact) mass is 300 g/mol.